The van der Waals surface area contributed by atoms with E-state index in [1.165, 1.54) is 25.7 Å². The molecule has 0 bridgehead atoms. The Morgan fingerprint density at radius 2 is 2.22 bits per heavy atom. The molecule has 3 rings (SSSR count). The van der Waals surface area contributed by atoms with Gasteiger partial charge in [0.15, 0.2) is 0 Å². The summed E-state index contributed by atoms with van der Waals surface area (Å²) in [7, 11) is 0. The van der Waals surface area contributed by atoms with Gasteiger partial charge in [0.25, 0.3) is 11.6 Å². The van der Waals surface area contributed by atoms with Crippen molar-refractivity contribution >= 4 is 10.9 Å². The molecular weight excluding hydrogens is 230 g/mol. The van der Waals surface area contributed by atoms with Gasteiger partial charge in [-0.3, -0.25) is 14.8 Å². The predicted molar refractivity (Wildman–Crippen MR) is 67.6 cm³/mol. The Balaban J connectivity index is 1.81. The van der Waals surface area contributed by atoms with Gasteiger partial charge in [0.05, 0.1) is 23.7 Å². The van der Waals surface area contributed by atoms with E-state index in [2.05, 4.69) is 15.0 Å². The van der Waals surface area contributed by atoms with Crippen molar-refractivity contribution in [2.24, 2.45) is 5.92 Å². The van der Waals surface area contributed by atoms with Gasteiger partial charge >= 0.3 is 0 Å². The van der Waals surface area contributed by atoms with Crippen LogP contribution in [0.15, 0.2) is 23.3 Å². The van der Waals surface area contributed by atoms with Crippen molar-refractivity contribution in [3.8, 4) is 6.01 Å². The average Bonchev–Trinajstić information content (AvgIpc) is 2.90. The first-order valence-corrected chi connectivity index (χ1v) is 6.30. The number of nitrogens with zero attached hydrogens (tertiary/aromatic N) is 2. The second-order valence-electron chi connectivity index (χ2n) is 4.73. The molecule has 0 amide bonds. The molecule has 1 aliphatic rings. The highest BCUT2D eigenvalue weighted by atomic mass is 16.5. The van der Waals surface area contributed by atoms with Crippen molar-refractivity contribution in [1.82, 2.24) is 15.0 Å². The van der Waals surface area contributed by atoms with Crippen LogP contribution < -0.4 is 10.3 Å². The van der Waals surface area contributed by atoms with Gasteiger partial charge in [-0.2, -0.15) is 4.98 Å². The molecular formula is C13H15N3O2. The van der Waals surface area contributed by atoms with E-state index < -0.39 is 0 Å². The van der Waals surface area contributed by atoms with Crippen LogP contribution in [0.25, 0.3) is 10.9 Å². The largest absolute Gasteiger partial charge is 0.464 e. The number of pyridine rings is 1. The van der Waals surface area contributed by atoms with Crippen molar-refractivity contribution in [2.45, 2.75) is 25.7 Å². The summed E-state index contributed by atoms with van der Waals surface area (Å²) in [6.07, 6.45) is 8.13. The number of fused-ring (bicyclic) bond motifs is 1. The van der Waals surface area contributed by atoms with E-state index in [1.807, 2.05) is 0 Å². The molecule has 1 saturated carbocycles. The lowest BCUT2D eigenvalue weighted by atomic mass is 10.1. The van der Waals surface area contributed by atoms with Crippen molar-refractivity contribution < 1.29 is 4.74 Å². The molecule has 1 aliphatic carbocycles. The standard InChI is InChI=1S/C13H15N3O2/c17-12-10-5-6-14-7-11(10)15-13(16-12)18-8-9-3-1-2-4-9/h5-7,9H,1-4,8H2,(H,15,16,17). The lowest BCUT2D eigenvalue weighted by Crippen LogP contribution is -2.14. The number of ether oxygens (including phenoxy) is 1. The first kappa shape index (κ1) is 11.2. The van der Waals surface area contributed by atoms with Crippen LogP contribution in [0.4, 0.5) is 0 Å². The molecule has 0 saturated heterocycles. The fraction of sp³-hybridized carbons (Fsp3) is 0.462. The fourth-order valence-electron chi connectivity index (χ4n) is 2.41. The lowest BCUT2D eigenvalue weighted by Gasteiger charge is -2.10. The smallest absolute Gasteiger partial charge is 0.297 e. The lowest BCUT2D eigenvalue weighted by molar-refractivity contribution is 0.234. The molecule has 1 fully saturated rings. The zero-order valence-electron chi connectivity index (χ0n) is 10.1. The highest BCUT2D eigenvalue weighted by molar-refractivity contribution is 5.76. The van der Waals surface area contributed by atoms with Crippen LogP contribution in [0.5, 0.6) is 6.01 Å². The molecule has 2 heterocycles. The van der Waals surface area contributed by atoms with Gasteiger partial charge in [0.2, 0.25) is 0 Å². The summed E-state index contributed by atoms with van der Waals surface area (Å²) >= 11 is 0. The Labute approximate surface area is 104 Å². The number of rotatable bonds is 3. The highest BCUT2D eigenvalue weighted by Crippen LogP contribution is 2.24. The molecule has 0 spiro atoms. The zero-order chi connectivity index (χ0) is 12.4. The maximum absolute atomic E-state index is 11.8. The Bertz CT molecular complexity index is 602. The summed E-state index contributed by atoms with van der Waals surface area (Å²) in [5, 5.41) is 0.540. The van der Waals surface area contributed by atoms with Crippen LogP contribution in [-0.2, 0) is 0 Å². The summed E-state index contributed by atoms with van der Waals surface area (Å²) in [4.78, 5) is 22.7. The van der Waals surface area contributed by atoms with Crippen LogP contribution >= 0.6 is 0 Å². The average molecular weight is 245 g/mol. The second-order valence-corrected chi connectivity index (χ2v) is 4.73. The third kappa shape index (κ3) is 2.20. The number of hydrogen-bond donors (Lipinski definition) is 1. The topological polar surface area (TPSA) is 67.9 Å². The van der Waals surface area contributed by atoms with Crippen LogP contribution in [-0.4, -0.2) is 21.6 Å². The van der Waals surface area contributed by atoms with E-state index in [4.69, 9.17) is 4.74 Å². The Morgan fingerprint density at radius 3 is 3.06 bits per heavy atom. The minimum Gasteiger partial charge on any atom is -0.464 e. The van der Waals surface area contributed by atoms with E-state index in [1.54, 1.807) is 18.5 Å². The highest BCUT2D eigenvalue weighted by Gasteiger charge is 2.16. The first-order valence-electron chi connectivity index (χ1n) is 6.30. The number of nitrogens with one attached hydrogen (secondary N) is 1. The molecule has 2 aromatic rings. The monoisotopic (exact) mass is 245 g/mol. The maximum atomic E-state index is 11.8. The van der Waals surface area contributed by atoms with Crippen LogP contribution in [0.1, 0.15) is 25.7 Å². The van der Waals surface area contributed by atoms with Gasteiger partial charge < -0.3 is 4.74 Å². The number of H-pyrrole nitrogens is 1. The minimum atomic E-state index is -0.177. The number of hydrogen-bond acceptors (Lipinski definition) is 4. The summed E-state index contributed by atoms with van der Waals surface area (Å²) in [5.74, 6) is 0.597. The molecule has 94 valence electrons. The predicted octanol–water partition coefficient (Wildman–Crippen LogP) is 1.89. The Morgan fingerprint density at radius 1 is 1.39 bits per heavy atom. The molecule has 2 aromatic heterocycles. The van der Waals surface area contributed by atoms with E-state index in [9.17, 15) is 4.79 Å². The summed E-state index contributed by atoms with van der Waals surface area (Å²) in [6, 6.07) is 1.95. The van der Waals surface area contributed by atoms with Crippen molar-refractivity contribution in [3.05, 3.63) is 28.8 Å². The molecule has 0 aliphatic heterocycles. The van der Waals surface area contributed by atoms with Gasteiger partial charge in [0, 0.05) is 6.20 Å². The molecule has 1 N–H and O–H groups in total. The van der Waals surface area contributed by atoms with Crippen LogP contribution in [0.2, 0.25) is 0 Å². The van der Waals surface area contributed by atoms with Crippen molar-refractivity contribution in [2.75, 3.05) is 6.61 Å². The Hall–Kier alpha value is -1.91. The normalized spacial score (nSPS) is 16.2. The molecule has 5 heteroatoms. The van der Waals surface area contributed by atoms with E-state index >= 15 is 0 Å². The molecule has 0 aromatic carbocycles. The van der Waals surface area contributed by atoms with Crippen molar-refractivity contribution in [1.29, 1.82) is 0 Å². The van der Waals surface area contributed by atoms with Crippen LogP contribution in [0.3, 0.4) is 0 Å². The quantitative estimate of drug-likeness (QED) is 0.896. The van der Waals surface area contributed by atoms with E-state index in [0.717, 1.165) is 0 Å². The summed E-state index contributed by atoms with van der Waals surface area (Å²) in [5.41, 5.74) is 0.395. The molecule has 0 radical (unpaired) electrons. The zero-order valence-corrected chi connectivity index (χ0v) is 10.1. The fourth-order valence-corrected chi connectivity index (χ4v) is 2.41. The third-order valence-corrected chi connectivity index (χ3v) is 3.42. The molecule has 0 unspecified atom stereocenters. The summed E-state index contributed by atoms with van der Waals surface area (Å²) in [6.45, 7) is 0.634. The van der Waals surface area contributed by atoms with E-state index in [-0.39, 0.29) is 5.56 Å². The molecule has 0 atom stereocenters. The number of aromatic nitrogens is 3. The molecule has 5 nitrogen and oxygen atoms in total. The van der Waals surface area contributed by atoms with Gasteiger partial charge in [-0.05, 0) is 24.8 Å². The molecule has 18 heavy (non-hydrogen) atoms. The van der Waals surface area contributed by atoms with Crippen molar-refractivity contribution in [3.63, 3.8) is 0 Å². The second kappa shape index (κ2) is 4.76. The number of aromatic amines is 1. The third-order valence-electron chi connectivity index (χ3n) is 3.42. The maximum Gasteiger partial charge on any atom is 0.297 e. The SMILES string of the molecule is O=c1[nH]c(OCC2CCCC2)nc2cnccc12. The van der Waals surface area contributed by atoms with Gasteiger partial charge in [-0.1, -0.05) is 12.8 Å². The van der Waals surface area contributed by atoms with Gasteiger partial charge in [0.1, 0.15) is 0 Å². The Kier molecular flexibility index (Phi) is 2.96. The summed E-state index contributed by atoms with van der Waals surface area (Å²) < 4.78 is 5.58. The van der Waals surface area contributed by atoms with Gasteiger partial charge in [-0.15, -0.1) is 0 Å². The first-order chi connectivity index (χ1) is 8.83. The van der Waals surface area contributed by atoms with Gasteiger partial charge in [-0.25, -0.2) is 0 Å². The minimum absolute atomic E-state index is 0.177. The van der Waals surface area contributed by atoms with Crippen LogP contribution in [0, 0.1) is 5.92 Å². The van der Waals surface area contributed by atoms with E-state index in [0.29, 0.717) is 29.4 Å².